The molecule has 2 aromatic rings. The lowest BCUT2D eigenvalue weighted by atomic mass is 9.82. The largest absolute Gasteiger partial charge is 0.481 e. The predicted octanol–water partition coefficient (Wildman–Crippen LogP) is 5.20. The van der Waals surface area contributed by atoms with Gasteiger partial charge in [0.2, 0.25) is 5.91 Å². The van der Waals surface area contributed by atoms with Crippen molar-refractivity contribution in [2.24, 2.45) is 5.92 Å². The highest BCUT2D eigenvalue weighted by Gasteiger charge is 2.44. The maximum absolute atomic E-state index is 13.8. The molecule has 2 unspecified atom stereocenters. The van der Waals surface area contributed by atoms with Crippen LogP contribution in [0.3, 0.4) is 0 Å². The number of aliphatic carboxylic acids is 1. The van der Waals surface area contributed by atoms with E-state index in [-0.39, 0.29) is 44.8 Å². The zero-order valence-corrected chi connectivity index (χ0v) is 24.3. The van der Waals surface area contributed by atoms with E-state index in [1.807, 2.05) is 31.2 Å². The summed E-state index contributed by atoms with van der Waals surface area (Å²) in [6.07, 6.45) is -0.891. The second-order valence-electron chi connectivity index (χ2n) is 10.8. The zero-order valence-electron chi connectivity index (χ0n) is 23.5. The van der Waals surface area contributed by atoms with Gasteiger partial charge in [-0.15, -0.1) is 11.8 Å². The Kier molecular flexibility index (Phi) is 10.2. The molecule has 2 saturated heterocycles. The van der Waals surface area contributed by atoms with Crippen LogP contribution in [-0.2, 0) is 21.4 Å². The normalized spacial score (nSPS) is 20.8. The molecular formula is C30H36F3N3O5S. The quantitative estimate of drug-likeness (QED) is 0.377. The summed E-state index contributed by atoms with van der Waals surface area (Å²) in [5.41, 5.74) is -2.22. The van der Waals surface area contributed by atoms with Crippen LogP contribution < -0.4 is 0 Å². The zero-order chi connectivity index (χ0) is 30.5. The Morgan fingerprint density at radius 2 is 1.81 bits per heavy atom. The lowest BCUT2D eigenvalue weighted by Crippen LogP contribution is -2.55. The summed E-state index contributed by atoms with van der Waals surface area (Å²) in [5, 5.41) is 20.6. The Labute approximate surface area is 247 Å². The fourth-order valence-electron chi connectivity index (χ4n) is 6.02. The molecule has 1 aromatic carbocycles. The van der Waals surface area contributed by atoms with Crippen LogP contribution in [0.15, 0.2) is 47.5 Å². The number of halogens is 3. The Hall–Kier alpha value is -3.12. The highest BCUT2D eigenvalue weighted by atomic mass is 32.2. The van der Waals surface area contributed by atoms with E-state index in [0.29, 0.717) is 37.0 Å². The van der Waals surface area contributed by atoms with Gasteiger partial charge in [-0.3, -0.25) is 19.4 Å². The number of nitrogens with zero attached hydrogens (tertiary/aromatic N) is 3. The molecule has 2 aliphatic rings. The van der Waals surface area contributed by atoms with Crippen molar-refractivity contribution in [1.82, 2.24) is 14.8 Å². The molecule has 2 N–H and O–H groups in total. The third-order valence-corrected chi connectivity index (χ3v) is 9.20. The summed E-state index contributed by atoms with van der Waals surface area (Å²) >= 11 is 1.37. The highest BCUT2D eigenvalue weighted by molar-refractivity contribution is 7.99. The molecule has 1 aromatic heterocycles. The fourth-order valence-corrected chi connectivity index (χ4v) is 7.10. The number of likely N-dealkylation sites (tertiary alicyclic amines) is 2. The molecule has 0 radical (unpaired) electrons. The fraction of sp³-hybridized carbons (Fsp3) is 0.533. The molecule has 2 atom stereocenters. The number of alkyl halides is 3. The Balaban J connectivity index is 1.49. The monoisotopic (exact) mass is 607 g/mol. The van der Waals surface area contributed by atoms with Gasteiger partial charge in [0.1, 0.15) is 5.69 Å². The van der Waals surface area contributed by atoms with Crippen LogP contribution in [0.2, 0.25) is 0 Å². The molecule has 2 aliphatic heterocycles. The smallest absolute Gasteiger partial charge is 0.418 e. The van der Waals surface area contributed by atoms with E-state index in [0.717, 1.165) is 17.0 Å². The van der Waals surface area contributed by atoms with E-state index >= 15 is 0 Å². The number of benzene rings is 1. The maximum atomic E-state index is 13.8. The summed E-state index contributed by atoms with van der Waals surface area (Å²) in [4.78, 5) is 45.9. The van der Waals surface area contributed by atoms with E-state index in [2.05, 4.69) is 4.98 Å². The number of pyridine rings is 1. The molecular weight excluding hydrogens is 571 g/mol. The van der Waals surface area contributed by atoms with Crippen LogP contribution >= 0.6 is 11.8 Å². The first kappa shape index (κ1) is 31.8. The first-order valence-corrected chi connectivity index (χ1v) is 15.2. The summed E-state index contributed by atoms with van der Waals surface area (Å²) in [6.45, 7) is 2.72. The molecule has 0 bridgehead atoms. The summed E-state index contributed by atoms with van der Waals surface area (Å²) < 4.78 is 41.0. The number of amides is 2. The van der Waals surface area contributed by atoms with Gasteiger partial charge in [0, 0.05) is 42.5 Å². The number of thioether (sulfide) groups is 1. The Morgan fingerprint density at radius 1 is 1.10 bits per heavy atom. The number of aromatic nitrogens is 1. The van der Waals surface area contributed by atoms with Crippen LogP contribution in [0.4, 0.5) is 13.2 Å². The van der Waals surface area contributed by atoms with Gasteiger partial charge >= 0.3 is 12.1 Å². The van der Waals surface area contributed by atoms with Crippen molar-refractivity contribution in [3.63, 3.8) is 0 Å². The average Bonchev–Trinajstić information content (AvgIpc) is 2.97. The van der Waals surface area contributed by atoms with Crippen molar-refractivity contribution >= 4 is 29.5 Å². The lowest BCUT2D eigenvalue weighted by molar-refractivity contribution is -0.144. The molecule has 228 valence electrons. The van der Waals surface area contributed by atoms with Gasteiger partial charge in [-0.1, -0.05) is 31.5 Å². The number of rotatable bonds is 9. The Morgan fingerprint density at radius 3 is 2.48 bits per heavy atom. The van der Waals surface area contributed by atoms with Crippen LogP contribution in [0.5, 0.6) is 0 Å². The first-order valence-electron chi connectivity index (χ1n) is 14.2. The standard InChI is InChI=1S/C30H36F3N3O5S/c1-2-7-23-20(8-6-16-36(23)28(40)26-22(30(31,32)33)10-5-15-34-26)27(39)35-17-13-29(41,14-18-35)21-9-3-4-11-24(21)42-19-12-25(37)38/h3-5,9-11,15,20,23,41H,2,6-8,12-14,16-19H2,1H3,(H,37,38). The van der Waals surface area contributed by atoms with E-state index in [1.54, 1.807) is 4.90 Å². The number of hydrogen-bond acceptors (Lipinski definition) is 6. The van der Waals surface area contributed by atoms with E-state index in [1.165, 1.54) is 22.9 Å². The molecule has 42 heavy (non-hydrogen) atoms. The minimum Gasteiger partial charge on any atom is -0.481 e. The lowest BCUT2D eigenvalue weighted by Gasteiger charge is -2.45. The van der Waals surface area contributed by atoms with Gasteiger partial charge in [0.05, 0.1) is 23.5 Å². The molecule has 2 amide bonds. The summed E-state index contributed by atoms with van der Waals surface area (Å²) in [5.74, 6) is -2.06. The van der Waals surface area contributed by atoms with Gasteiger partial charge in [-0.25, -0.2) is 0 Å². The van der Waals surface area contributed by atoms with E-state index < -0.39 is 46.9 Å². The second kappa shape index (κ2) is 13.5. The topological polar surface area (TPSA) is 111 Å². The second-order valence-corrected chi connectivity index (χ2v) is 12.0. The molecule has 2 fully saturated rings. The van der Waals surface area contributed by atoms with Gasteiger partial charge in [-0.05, 0) is 55.9 Å². The van der Waals surface area contributed by atoms with Crippen LogP contribution in [-0.4, -0.2) is 74.2 Å². The molecule has 8 nitrogen and oxygen atoms in total. The van der Waals surface area contributed by atoms with Crippen molar-refractivity contribution in [3.05, 3.63) is 59.4 Å². The SMILES string of the molecule is CCCC1C(C(=O)N2CCC(O)(c3ccccc3SCCC(=O)O)CC2)CCCN1C(=O)c1ncccc1C(F)(F)F. The van der Waals surface area contributed by atoms with Crippen molar-refractivity contribution in [3.8, 4) is 0 Å². The summed E-state index contributed by atoms with van der Waals surface area (Å²) in [6, 6.07) is 8.78. The third kappa shape index (κ3) is 7.08. The van der Waals surface area contributed by atoms with Crippen LogP contribution in [0.25, 0.3) is 0 Å². The van der Waals surface area contributed by atoms with Gasteiger partial charge in [-0.2, -0.15) is 13.2 Å². The number of carbonyl (C=O) groups is 3. The molecule has 0 spiro atoms. The van der Waals surface area contributed by atoms with Crippen molar-refractivity contribution in [2.75, 3.05) is 25.4 Å². The average molecular weight is 608 g/mol. The van der Waals surface area contributed by atoms with E-state index in [4.69, 9.17) is 5.11 Å². The first-order chi connectivity index (χ1) is 20.0. The molecule has 3 heterocycles. The van der Waals surface area contributed by atoms with Crippen molar-refractivity contribution in [1.29, 1.82) is 0 Å². The number of piperidine rings is 2. The van der Waals surface area contributed by atoms with Crippen molar-refractivity contribution < 1.29 is 37.8 Å². The molecule has 0 saturated carbocycles. The molecule has 4 rings (SSSR count). The van der Waals surface area contributed by atoms with Crippen molar-refractivity contribution in [2.45, 2.75) is 74.6 Å². The summed E-state index contributed by atoms with van der Waals surface area (Å²) in [7, 11) is 0. The van der Waals surface area contributed by atoms with Crippen LogP contribution in [0, 0.1) is 5.92 Å². The third-order valence-electron chi connectivity index (χ3n) is 8.12. The minimum atomic E-state index is -4.73. The van der Waals surface area contributed by atoms with Gasteiger partial charge < -0.3 is 20.0 Å². The minimum absolute atomic E-state index is 0.00258. The molecule has 0 aliphatic carbocycles. The number of carbonyl (C=O) groups excluding carboxylic acids is 2. The highest BCUT2D eigenvalue weighted by Crippen LogP contribution is 2.40. The molecule has 12 heteroatoms. The Bertz CT molecular complexity index is 1280. The van der Waals surface area contributed by atoms with Gasteiger partial charge in [0.25, 0.3) is 5.91 Å². The van der Waals surface area contributed by atoms with Crippen LogP contribution in [0.1, 0.15) is 73.5 Å². The maximum Gasteiger partial charge on any atom is 0.418 e. The number of carboxylic acid groups (broad SMARTS) is 1. The van der Waals surface area contributed by atoms with E-state index in [9.17, 15) is 32.7 Å². The van der Waals surface area contributed by atoms with Gasteiger partial charge in [0.15, 0.2) is 0 Å². The number of aliphatic hydroxyl groups is 1. The number of carboxylic acids is 1. The predicted molar refractivity (Wildman–Crippen MR) is 151 cm³/mol. The number of hydrogen-bond donors (Lipinski definition) is 2.